The van der Waals surface area contributed by atoms with E-state index in [1.54, 1.807) is 0 Å². The number of nitrogens with one attached hydrogen (secondary N) is 1. The van der Waals surface area contributed by atoms with Gasteiger partial charge in [-0.05, 0) is 29.8 Å². The van der Waals surface area contributed by atoms with Crippen LogP contribution in [-0.4, -0.2) is 17.9 Å². The molecule has 2 aromatic carbocycles. The lowest BCUT2D eigenvalue weighted by molar-refractivity contribution is -0.138. The van der Waals surface area contributed by atoms with Crippen molar-refractivity contribution in [3.8, 4) is 0 Å². The molecule has 0 saturated heterocycles. The van der Waals surface area contributed by atoms with Crippen molar-refractivity contribution >= 4 is 11.8 Å². The van der Waals surface area contributed by atoms with Crippen molar-refractivity contribution in [3.05, 3.63) is 70.8 Å². The molecule has 1 atom stereocenters. The average Bonchev–Trinajstić information content (AvgIpc) is 2.56. The van der Waals surface area contributed by atoms with Crippen LogP contribution in [0.4, 0.5) is 22.0 Å². The maximum absolute atomic E-state index is 13.2. The third kappa shape index (κ3) is 4.56. The van der Waals surface area contributed by atoms with Gasteiger partial charge in [-0.2, -0.15) is 13.2 Å². The van der Waals surface area contributed by atoms with E-state index in [-0.39, 0.29) is 11.1 Å². The molecule has 0 saturated carbocycles. The lowest BCUT2D eigenvalue weighted by atomic mass is 9.99. The Morgan fingerprint density at radius 3 is 2.27 bits per heavy atom. The summed E-state index contributed by atoms with van der Waals surface area (Å²) in [5.74, 6) is -4.50. The van der Waals surface area contributed by atoms with E-state index in [4.69, 9.17) is 5.73 Å². The zero-order valence-corrected chi connectivity index (χ0v) is 13.1. The first-order valence-corrected chi connectivity index (χ1v) is 7.30. The van der Waals surface area contributed by atoms with Crippen LogP contribution in [0.3, 0.4) is 0 Å². The van der Waals surface area contributed by atoms with Gasteiger partial charge < -0.3 is 11.1 Å². The third-order valence-corrected chi connectivity index (χ3v) is 3.58. The maximum atomic E-state index is 13.2. The summed E-state index contributed by atoms with van der Waals surface area (Å²) in [4.78, 5) is 23.6. The Labute approximate surface area is 144 Å². The average molecular weight is 372 g/mol. The summed E-state index contributed by atoms with van der Waals surface area (Å²) in [6.45, 7) is 0. The zero-order chi connectivity index (χ0) is 19.5. The Kier molecular flexibility index (Phi) is 5.59. The van der Waals surface area contributed by atoms with Gasteiger partial charge in [0.1, 0.15) is 6.04 Å². The SMILES string of the molecule is NC(=O)[C@H](Cc1ccccc1C(F)(F)F)NC(=O)c1ccc(F)c(F)c1. The molecule has 0 aromatic heterocycles. The van der Waals surface area contributed by atoms with Crippen LogP contribution < -0.4 is 11.1 Å². The minimum Gasteiger partial charge on any atom is -0.368 e. The Hall–Kier alpha value is -2.97. The standard InChI is InChI=1S/C17H13F5N2O2/c18-12-6-5-10(7-13(12)19)16(26)24-14(15(23)25)8-9-3-1-2-4-11(9)17(20,21)22/h1-7,14H,8H2,(H2,23,25)(H,24,26)/t14-/m0/s1. The van der Waals surface area contributed by atoms with Gasteiger partial charge in [-0.3, -0.25) is 9.59 Å². The van der Waals surface area contributed by atoms with Crippen molar-refractivity contribution in [1.29, 1.82) is 0 Å². The summed E-state index contributed by atoms with van der Waals surface area (Å²) < 4.78 is 65.2. The van der Waals surface area contributed by atoms with Crippen molar-refractivity contribution in [2.24, 2.45) is 5.73 Å². The molecule has 0 bridgehead atoms. The minimum absolute atomic E-state index is 0.241. The van der Waals surface area contributed by atoms with Crippen LogP contribution in [0.25, 0.3) is 0 Å². The van der Waals surface area contributed by atoms with Crippen LogP contribution in [0.5, 0.6) is 0 Å². The minimum atomic E-state index is -4.65. The number of carbonyl (C=O) groups excluding carboxylic acids is 2. The van der Waals surface area contributed by atoms with Crippen molar-refractivity contribution < 1.29 is 31.5 Å². The molecule has 0 fully saturated rings. The lowest BCUT2D eigenvalue weighted by Crippen LogP contribution is -2.46. The van der Waals surface area contributed by atoms with E-state index < -0.39 is 47.7 Å². The molecule has 2 rings (SSSR count). The van der Waals surface area contributed by atoms with Gasteiger partial charge in [-0.15, -0.1) is 0 Å². The number of halogens is 5. The van der Waals surface area contributed by atoms with Crippen molar-refractivity contribution in [3.63, 3.8) is 0 Å². The highest BCUT2D eigenvalue weighted by Crippen LogP contribution is 2.32. The first-order chi connectivity index (χ1) is 12.1. The number of carbonyl (C=O) groups is 2. The van der Waals surface area contributed by atoms with Gasteiger partial charge in [0, 0.05) is 12.0 Å². The normalized spacial score (nSPS) is 12.5. The summed E-state index contributed by atoms with van der Waals surface area (Å²) in [5.41, 5.74) is 3.64. The largest absolute Gasteiger partial charge is 0.416 e. The number of rotatable bonds is 5. The molecule has 0 heterocycles. The topological polar surface area (TPSA) is 72.2 Å². The molecule has 0 aliphatic rings. The molecule has 26 heavy (non-hydrogen) atoms. The second-order valence-corrected chi connectivity index (χ2v) is 5.42. The van der Waals surface area contributed by atoms with E-state index in [9.17, 15) is 31.5 Å². The molecule has 2 amide bonds. The molecule has 138 valence electrons. The van der Waals surface area contributed by atoms with Crippen LogP contribution >= 0.6 is 0 Å². The number of primary amides is 1. The van der Waals surface area contributed by atoms with E-state index in [2.05, 4.69) is 5.32 Å². The van der Waals surface area contributed by atoms with Gasteiger partial charge in [0.15, 0.2) is 11.6 Å². The number of hydrogen-bond donors (Lipinski definition) is 2. The van der Waals surface area contributed by atoms with Gasteiger partial charge >= 0.3 is 6.18 Å². The second kappa shape index (κ2) is 7.51. The molecule has 0 aliphatic carbocycles. The first kappa shape index (κ1) is 19.4. The molecule has 0 spiro atoms. The van der Waals surface area contributed by atoms with E-state index in [0.717, 1.165) is 18.2 Å². The van der Waals surface area contributed by atoms with Crippen molar-refractivity contribution in [2.75, 3.05) is 0 Å². The molecule has 9 heteroatoms. The number of amides is 2. The molecular weight excluding hydrogens is 359 g/mol. The number of nitrogens with two attached hydrogens (primary N) is 1. The van der Waals surface area contributed by atoms with E-state index in [1.165, 1.54) is 12.1 Å². The molecule has 0 radical (unpaired) electrons. The smallest absolute Gasteiger partial charge is 0.368 e. The fourth-order valence-corrected chi connectivity index (χ4v) is 2.30. The highest BCUT2D eigenvalue weighted by atomic mass is 19.4. The van der Waals surface area contributed by atoms with Crippen LogP contribution in [0.1, 0.15) is 21.5 Å². The monoisotopic (exact) mass is 372 g/mol. The third-order valence-electron chi connectivity index (χ3n) is 3.58. The predicted octanol–water partition coefficient (Wildman–Crippen LogP) is 2.81. The number of hydrogen-bond acceptors (Lipinski definition) is 2. The lowest BCUT2D eigenvalue weighted by Gasteiger charge is -2.18. The second-order valence-electron chi connectivity index (χ2n) is 5.42. The van der Waals surface area contributed by atoms with Crippen LogP contribution in [0.15, 0.2) is 42.5 Å². The Bertz CT molecular complexity index is 836. The van der Waals surface area contributed by atoms with E-state index >= 15 is 0 Å². The molecular formula is C17H13F5N2O2. The van der Waals surface area contributed by atoms with Crippen LogP contribution in [0, 0.1) is 11.6 Å². The predicted molar refractivity (Wildman–Crippen MR) is 82.0 cm³/mol. The summed E-state index contributed by atoms with van der Waals surface area (Å²) in [6.07, 6.45) is -5.16. The van der Waals surface area contributed by atoms with Gasteiger partial charge in [0.05, 0.1) is 5.56 Å². The quantitative estimate of drug-likeness (QED) is 0.793. The van der Waals surface area contributed by atoms with Gasteiger partial charge in [-0.25, -0.2) is 8.78 Å². The van der Waals surface area contributed by atoms with E-state index in [1.807, 2.05) is 0 Å². The van der Waals surface area contributed by atoms with Gasteiger partial charge in [-0.1, -0.05) is 18.2 Å². The molecule has 0 aliphatic heterocycles. The summed E-state index contributed by atoms with van der Waals surface area (Å²) in [6, 6.07) is 5.34. The molecule has 2 aromatic rings. The zero-order valence-electron chi connectivity index (χ0n) is 13.1. The summed E-state index contributed by atoms with van der Waals surface area (Å²) in [7, 11) is 0. The Morgan fingerprint density at radius 2 is 1.69 bits per heavy atom. The van der Waals surface area contributed by atoms with Crippen LogP contribution in [0.2, 0.25) is 0 Å². The Morgan fingerprint density at radius 1 is 1.04 bits per heavy atom. The van der Waals surface area contributed by atoms with Gasteiger partial charge in [0.2, 0.25) is 5.91 Å². The fourth-order valence-electron chi connectivity index (χ4n) is 2.30. The van der Waals surface area contributed by atoms with Crippen molar-refractivity contribution in [1.82, 2.24) is 5.32 Å². The Balaban J connectivity index is 2.24. The number of benzene rings is 2. The van der Waals surface area contributed by atoms with Crippen molar-refractivity contribution in [2.45, 2.75) is 18.6 Å². The number of alkyl halides is 3. The molecule has 0 unspecified atom stereocenters. The molecule has 4 nitrogen and oxygen atoms in total. The fraction of sp³-hybridized carbons (Fsp3) is 0.176. The highest BCUT2D eigenvalue weighted by Gasteiger charge is 2.34. The van der Waals surface area contributed by atoms with Gasteiger partial charge in [0.25, 0.3) is 5.91 Å². The molecule has 3 N–H and O–H groups in total. The van der Waals surface area contributed by atoms with E-state index in [0.29, 0.717) is 12.1 Å². The highest BCUT2D eigenvalue weighted by molar-refractivity contribution is 5.97. The first-order valence-electron chi connectivity index (χ1n) is 7.30. The summed E-state index contributed by atoms with van der Waals surface area (Å²) in [5, 5.41) is 2.14. The maximum Gasteiger partial charge on any atom is 0.416 e. The van der Waals surface area contributed by atoms with Crippen LogP contribution in [-0.2, 0) is 17.4 Å². The summed E-state index contributed by atoms with van der Waals surface area (Å²) >= 11 is 0.